The molecule has 0 aliphatic heterocycles. The van der Waals surface area contributed by atoms with Gasteiger partial charge in [0.1, 0.15) is 5.75 Å². The van der Waals surface area contributed by atoms with E-state index in [0.717, 1.165) is 0 Å². The van der Waals surface area contributed by atoms with E-state index >= 15 is 0 Å². The Morgan fingerprint density at radius 2 is 1.89 bits per heavy atom. The van der Waals surface area contributed by atoms with Crippen molar-refractivity contribution in [3.8, 4) is 18.1 Å². The topological polar surface area (TPSA) is 26.3 Å². The molecule has 0 N–H and O–H groups in total. The van der Waals surface area contributed by atoms with Crippen molar-refractivity contribution < 1.29 is 9.53 Å². The Morgan fingerprint density at radius 3 is 2.28 bits per heavy atom. The van der Waals surface area contributed by atoms with Crippen LogP contribution in [0.25, 0.3) is 0 Å². The zero-order chi connectivity index (χ0) is 13.0. The molecular weight excluding hydrogens is 224 g/mol. The number of hydrogen-bond acceptors (Lipinski definition) is 2. The first kappa shape index (κ1) is 12.7. The summed E-state index contributed by atoms with van der Waals surface area (Å²) in [7, 11) is 0. The van der Waals surface area contributed by atoms with Gasteiger partial charge in [-0.15, -0.1) is 6.42 Å². The van der Waals surface area contributed by atoms with Crippen LogP contribution in [-0.4, -0.2) is 5.97 Å². The number of benzene rings is 1. The zero-order valence-corrected chi connectivity index (χ0v) is 10.7. The number of rotatable bonds is 1. The van der Waals surface area contributed by atoms with Crippen LogP contribution in [0, 0.1) is 24.2 Å². The van der Waals surface area contributed by atoms with E-state index in [2.05, 4.69) is 5.92 Å². The SMILES string of the molecule is C#Cc1cccc(OC(C)=O)c1.C1CC2CCC12. The van der Waals surface area contributed by atoms with Crippen LogP contribution in [0.1, 0.15) is 38.2 Å². The number of carbonyl (C=O) groups is 1. The highest BCUT2D eigenvalue weighted by molar-refractivity contribution is 5.69. The van der Waals surface area contributed by atoms with Crippen LogP contribution < -0.4 is 4.74 Å². The fourth-order valence-corrected chi connectivity index (χ4v) is 2.38. The van der Waals surface area contributed by atoms with Crippen LogP contribution in [0.3, 0.4) is 0 Å². The second-order valence-corrected chi connectivity index (χ2v) is 4.94. The number of esters is 1. The van der Waals surface area contributed by atoms with Crippen molar-refractivity contribution in [1.82, 2.24) is 0 Å². The maximum atomic E-state index is 10.5. The molecule has 2 aliphatic carbocycles. The third-order valence-electron chi connectivity index (χ3n) is 3.75. The molecule has 2 fully saturated rings. The molecule has 0 amide bonds. The summed E-state index contributed by atoms with van der Waals surface area (Å²) in [4.78, 5) is 10.5. The van der Waals surface area contributed by atoms with Gasteiger partial charge in [0.05, 0.1) is 0 Å². The molecule has 0 bridgehead atoms. The molecule has 0 heterocycles. The van der Waals surface area contributed by atoms with Gasteiger partial charge in [-0.1, -0.05) is 12.0 Å². The fraction of sp³-hybridized carbons (Fsp3) is 0.438. The summed E-state index contributed by atoms with van der Waals surface area (Å²) in [6.07, 6.45) is 11.4. The van der Waals surface area contributed by atoms with Crippen molar-refractivity contribution in [2.45, 2.75) is 32.6 Å². The van der Waals surface area contributed by atoms with Crippen LogP contribution in [0.4, 0.5) is 0 Å². The average molecular weight is 242 g/mol. The van der Waals surface area contributed by atoms with Crippen LogP contribution in [0.2, 0.25) is 0 Å². The zero-order valence-electron chi connectivity index (χ0n) is 10.7. The van der Waals surface area contributed by atoms with Crippen LogP contribution >= 0.6 is 0 Å². The highest BCUT2D eigenvalue weighted by Crippen LogP contribution is 2.49. The summed E-state index contributed by atoms with van der Waals surface area (Å²) >= 11 is 0. The van der Waals surface area contributed by atoms with Gasteiger partial charge in [-0.05, 0) is 55.7 Å². The molecule has 0 saturated heterocycles. The van der Waals surface area contributed by atoms with Gasteiger partial charge in [0, 0.05) is 12.5 Å². The van der Waals surface area contributed by atoms with E-state index in [4.69, 9.17) is 11.2 Å². The van der Waals surface area contributed by atoms with Crippen molar-refractivity contribution in [2.75, 3.05) is 0 Å². The normalized spacial score (nSPS) is 23.1. The Morgan fingerprint density at radius 1 is 1.28 bits per heavy atom. The third-order valence-corrected chi connectivity index (χ3v) is 3.75. The molecule has 2 aliphatic rings. The number of terminal acetylenes is 1. The Hall–Kier alpha value is -1.75. The fourth-order valence-electron chi connectivity index (χ4n) is 2.38. The maximum Gasteiger partial charge on any atom is 0.308 e. The lowest BCUT2D eigenvalue weighted by molar-refractivity contribution is -0.131. The lowest BCUT2D eigenvalue weighted by atomic mass is 9.60. The summed E-state index contributed by atoms with van der Waals surface area (Å²) in [6, 6.07) is 6.84. The molecule has 3 rings (SSSR count). The smallest absolute Gasteiger partial charge is 0.308 e. The van der Waals surface area contributed by atoms with Crippen LogP contribution in [0.15, 0.2) is 24.3 Å². The first-order valence-corrected chi connectivity index (χ1v) is 6.44. The van der Waals surface area contributed by atoms with Crippen molar-refractivity contribution >= 4 is 5.97 Å². The van der Waals surface area contributed by atoms with E-state index in [-0.39, 0.29) is 5.97 Å². The Bertz CT molecular complexity index is 452. The summed E-state index contributed by atoms with van der Waals surface area (Å²) in [5, 5.41) is 0. The number of hydrogen-bond donors (Lipinski definition) is 0. The second kappa shape index (κ2) is 5.73. The standard InChI is InChI=1S/C10H8O2.C6H10/c1-3-9-5-4-6-10(7-9)12-8(2)11;1-2-6-4-3-5(1)6/h1,4-7H,2H3;5-6H,1-4H2. The molecule has 2 saturated carbocycles. The highest BCUT2D eigenvalue weighted by atomic mass is 16.5. The summed E-state index contributed by atoms with van der Waals surface area (Å²) in [6.45, 7) is 1.35. The summed E-state index contributed by atoms with van der Waals surface area (Å²) in [5.41, 5.74) is 0.703. The van der Waals surface area contributed by atoms with Crippen LogP contribution in [0.5, 0.6) is 5.75 Å². The molecule has 0 radical (unpaired) electrons. The summed E-state index contributed by atoms with van der Waals surface area (Å²) in [5.74, 6) is 5.02. The van der Waals surface area contributed by atoms with E-state index in [1.54, 1.807) is 49.9 Å². The minimum absolute atomic E-state index is 0.343. The van der Waals surface area contributed by atoms with E-state index in [9.17, 15) is 4.79 Å². The van der Waals surface area contributed by atoms with Crippen molar-refractivity contribution in [1.29, 1.82) is 0 Å². The minimum Gasteiger partial charge on any atom is -0.427 e. The molecule has 18 heavy (non-hydrogen) atoms. The van der Waals surface area contributed by atoms with E-state index in [1.165, 1.54) is 18.8 Å². The highest BCUT2D eigenvalue weighted by Gasteiger charge is 2.37. The van der Waals surface area contributed by atoms with Crippen molar-refractivity contribution in [3.63, 3.8) is 0 Å². The lowest BCUT2D eigenvalue weighted by Crippen LogP contribution is -2.34. The third kappa shape index (κ3) is 3.13. The van der Waals surface area contributed by atoms with Gasteiger partial charge in [-0.2, -0.15) is 0 Å². The molecule has 0 unspecified atom stereocenters. The predicted molar refractivity (Wildman–Crippen MR) is 71.1 cm³/mol. The molecule has 2 nitrogen and oxygen atoms in total. The van der Waals surface area contributed by atoms with Gasteiger partial charge >= 0.3 is 5.97 Å². The summed E-state index contributed by atoms with van der Waals surface area (Å²) < 4.78 is 4.82. The average Bonchev–Trinajstić information content (AvgIpc) is 2.34. The van der Waals surface area contributed by atoms with E-state index in [1.807, 2.05) is 0 Å². The Labute approximate surface area is 108 Å². The van der Waals surface area contributed by atoms with Gasteiger partial charge in [-0.25, -0.2) is 0 Å². The monoisotopic (exact) mass is 242 g/mol. The minimum atomic E-state index is -0.343. The molecule has 0 aromatic heterocycles. The van der Waals surface area contributed by atoms with Gasteiger partial charge in [0.25, 0.3) is 0 Å². The first-order valence-electron chi connectivity index (χ1n) is 6.44. The quantitative estimate of drug-likeness (QED) is 0.428. The first-order chi connectivity index (χ1) is 8.69. The van der Waals surface area contributed by atoms with Gasteiger partial charge < -0.3 is 4.74 Å². The van der Waals surface area contributed by atoms with Crippen LogP contribution in [-0.2, 0) is 4.79 Å². The molecule has 1 aromatic carbocycles. The molecular formula is C16H18O2. The molecule has 94 valence electrons. The Balaban J connectivity index is 0.000000164. The maximum absolute atomic E-state index is 10.5. The van der Waals surface area contributed by atoms with Crippen molar-refractivity contribution in [3.05, 3.63) is 29.8 Å². The van der Waals surface area contributed by atoms with Gasteiger partial charge in [0.15, 0.2) is 0 Å². The van der Waals surface area contributed by atoms with E-state index in [0.29, 0.717) is 11.3 Å². The van der Waals surface area contributed by atoms with Gasteiger partial charge in [0.2, 0.25) is 0 Å². The lowest BCUT2D eigenvalue weighted by Gasteiger charge is -2.46. The largest absolute Gasteiger partial charge is 0.427 e. The van der Waals surface area contributed by atoms with E-state index < -0.39 is 0 Å². The number of fused-ring (bicyclic) bond motifs is 1. The van der Waals surface area contributed by atoms with Gasteiger partial charge in [-0.3, -0.25) is 4.79 Å². The number of carbonyl (C=O) groups excluding carboxylic acids is 1. The molecule has 0 spiro atoms. The van der Waals surface area contributed by atoms with Crippen molar-refractivity contribution in [2.24, 2.45) is 11.8 Å². The Kier molecular flexibility index (Phi) is 4.04. The second-order valence-electron chi connectivity index (χ2n) is 4.94. The number of ether oxygens (including phenoxy) is 1. The molecule has 1 aromatic rings. The predicted octanol–water partition coefficient (Wildman–Crippen LogP) is 3.40. The molecule has 2 heteroatoms. The molecule has 0 atom stereocenters.